The number of piperidine rings is 2. The van der Waals surface area contributed by atoms with Gasteiger partial charge in [-0.05, 0) is 60.6 Å². The zero-order valence-corrected chi connectivity index (χ0v) is 26.3. The van der Waals surface area contributed by atoms with Crippen molar-refractivity contribution in [3.05, 3.63) is 94.0 Å². The molecule has 1 aliphatic carbocycles. The van der Waals surface area contributed by atoms with Gasteiger partial charge < -0.3 is 25.1 Å². The van der Waals surface area contributed by atoms with Crippen LogP contribution >= 0.6 is 0 Å². The predicted molar refractivity (Wildman–Crippen MR) is 164 cm³/mol. The van der Waals surface area contributed by atoms with Crippen LogP contribution in [0.3, 0.4) is 0 Å². The highest BCUT2D eigenvalue weighted by molar-refractivity contribution is 7.95. The minimum absolute atomic E-state index is 0.0484. The van der Waals surface area contributed by atoms with Gasteiger partial charge in [-0.3, -0.25) is 9.78 Å². The highest BCUT2D eigenvalue weighted by Gasteiger charge is 2.55. The molecule has 3 N–H and O–H groups in total. The van der Waals surface area contributed by atoms with E-state index < -0.39 is 50.7 Å². The topological polar surface area (TPSA) is 171 Å². The Kier molecular flexibility index (Phi) is 7.54. The fourth-order valence-electron chi connectivity index (χ4n) is 6.88. The molecule has 8 rings (SSSR count). The van der Waals surface area contributed by atoms with Gasteiger partial charge in [0, 0.05) is 31.0 Å². The molecule has 2 bridgehead atoms. The monoisotopic (exact) mass is 682 g/mol. The van der Waals surface area contributed by atoms with E-state index in [9.17, 15) is 31.2 Å². The molecule has 3 aromatic rings. The number of aromatic nitrogens is 3. The third-order valence-corrected chi connectivity index (χ3v) is 10.9. The first-order valence-electron chi connectivity index (χ1n) is 15.0. The number of carbonyl (C=O) groups excluding carboxylic acids is 2. The molecule has 2 saturated heterocycles. The van der Waals surface area contributed by atoms with Crippen LogP contribution in [0.5, 0.6) is 0 Å². The summed E-state index contributed by atoms with van der Waals surface area (Å²) in [7, 11) is -2.66. The van der Waals surface area contributed by atoms with E-state index in [0.717, 1.165) is 25.0 Å². The van der Waals surface area contributed by atoms with E-state index in [1.807, 2.05) is 0 Å². The molecule has 1 aromatic carbocycles. The Morgan fingerprint density at radius 3 is 2.58 bits per heavy atom. The molecule has 0 unspecified atom stereocenters. The first kappa shape index (κ1) is 31.8. The molecule has 1 saturated carbocycles. The van der Waals surface area contributed by atoms with E-state index >= 15 is 0 Å². The number of halogens is 3. The maximum atomic E-state index is 13.4. The summed E-state index contributed by atoms with van der Waals surface area (Å²) >= 11 is 0. The van der Waals surface area contributed by atoms with Crippen LogP contribution in [0, 0.1) is 5.92 Å². The molecule has 12 nitrogen and oxygen atoms in total. The summed E-state index contributed by atoms with van der Waals surface area (Å²) in [5.41, 5.74) is 6.70. The summed E-state index contributed by atoms with van der Waals surface area (Å²) in [4.78, 5) is 31.7. The third-order valence-electron chi connectivity index (χ3n) is 9.15. The minimum atomic E-state index is -4.46. The third kappa shape index (κ3) is 5.57. The summed E-state index contributed by atoms with van der Waals surface area (Å²) in [6.07, 6.45) is 1.15. The SMILES string of the molecule is COC(=O)N1CC2CC(c3nnc(C4=CNC5=C(C(=O)[C@@H](N)CS5(=O)=O)C(Cc5ccc(-c6ccc(C(F)(F)F)cc6)nc5)=C4)o3)(C2)C1. The summed E-state index contributed by atoms with van der Waals surface area (Å²) in [5.74, 6) is -0.433. The van der Waals surface area contributed by atoms with Crippen molar-refractivity contribution in [3.63, 3.8) is 0 Å². The summed E-state index contributed by atoms with van der Waals surface area (Å²) in [5, 5.41) is 11.0. The van der Waals surface area contributed by atoms with Gasteiger partial charge >= 0.3 is 12.3 Å². The molecule has 3 fully saturated rings. The number of amides is 1. The minimum Gasteiger partial charge on any atom is -0.453 e. The average molecular weight is 683 g/mol. The lowest BCUT2D eigenvalue weighted by Crippen LogP contribution is -2.60. The van der Waals surface area contributed by atoms with Crippen LogP contribution in [0.1, 0.15) is 35.7 Å². The van der Waals surface area contributed by atoms with Gasteiger partial charge in [-0.1, -0.05) is 18.2 Å². The van der Waals surface area contributed by atoms with Crippen molar-refractivity contribution in [3.8, 4) is 11.3 Å². The zero-order valence-electron chi connectivity index (χ0n) is 25.5. The van der Waals surface area contributed by atoms with Gasteiger partial charge in [-0.15, -0.1) is 10.2 Å². The highest BCUT2D eigenvalue weighted by atomic mass is 32.2. The van der Waals surface area contributed by atoms with Crippen LogP contribution in [0.25, 0.3) is 16.8 Å². The number of allylic oxidation sites excluding steroid dienone is 3. The van der Waals surface area contributed by atoms with Gasteiger partial charge in [0.25, 0.3) is 0 Å². The lowest BCUT2D eigenvalue weighted by atomic mass is 9.58. The number of nitrogens with one attached hydrogen (secondary N) is 1. The van der Waals surface area contributed by atoms with Crippen molar-refractivity contribution in [1.29, 1.82) is 0 Å². The molecule has 250 valence electrons. The Balaban J connectivity index is 1.21. The number of Topliss-reactive ketones (excluding diaryl/α,β-unsaturated/α-hetero) is 1. The lowest BCUT2D eigenvalue weighted by molar-refractivity contribution is -0.137. The van der Waals surface area contributed by atoms with E-state index in [1.54, 1.807) is 23.1 Å². The Bertz CT molecular complexity index is 2010. The van der Waals surface area contributed by atoms with Crippen LogP contribution in [0.15, 0.2) is 75.5 Å². The normalized spacial score (nSPS) is 24.9. The second kappa shape index (κ2) is 11.4. The molecule has 1 amide bonds. The first-order chi connectivity index (χ1) is 22.8. The lowest BCUT2D eigenvalue weighted by Gasteiger charge is -2.53. The highest BCUT2D eigenvalue weighted by Crippen LogP contribution is 2.52. The number of benzene rings is 1. The van der Waals surface area contributed by atoms with E-state index in [4.69, 9.17) is 14.9 Å². The fraction of sp³-hybridized carbons (Fsp3) is 0.344. The number of hydrogen-bond acceptors (Lipinski definition) is 11. The smallest absolute Gasteiger partial charge is 0.416 e. The Labute approximate surface area is 272 Å². The van der Waals surface area contributed by atoms with Gasteiger partial charge in [0.2, 0.25) is 11.8 Å². The standard InChI is InChI=1S/C32H29F3N6O6S/c1-46-30(43)41-14-18-10-31(11-18,16-41)29-40-39-27(47-29)21-9-20(25-26(42)23(36)15-48(44,45)28(25)38-13-21)8-17-2-7-24(37-12-17)19-3-5-22(6-4-19)32(33,34)35/h2-7,9,12-13,18,23,38H,8,10-11,14-16,36H2,1H3/t18?,23-,31?/m0/s1. The molecule has 16 heteroatoms. The largest absolute Gasteiger partial charge is 0.453 e. The molecular formula is C32H29F3N6O6S. The number of nitrogens with zero attached hydrogens (tertiary/aromatic N) is 4. The van der Waals surface area contributed by atoms with Crippen LogP contribution in [0.2, 0.25) is 0 Å². The second-order valence-electron chi connectivity index (χ2n) is 12.5. The Morgan fingerprint density at radius 2 is 1.92 bits per heavy atom. The van der Waals surface area contributed by atoms with E-state index in [0.29, 0.717) is 46.9 Å². The molecule has 5 aliphatic rings. The quantitative estimate of drug-likeness (QED) is 0.404. The van der Waals surface area contributed by atoms with E-state index in [1.165, 1.54) is 31.6 Å². The van der Waals surface area contributed by atoms with Gasteiger partial charge in [-0.25, -0.2) is 13.2 Å². The van der Waals surface area contributed by atoms with Crippen LogP contribution in [-0.2, 0) is 37.4 Å². The van der Waals surface area contributed by atoms with Crippen molar-refractivity contribution in [2.45, 2.75) is 36.9 Å². The Morgan fingerprint density at radius 1 is 1.17 bits per heavy atom. The van der Waals surface area contributed by atoms with E-state index in [-0.39, 0.29) is 28.8 Å². The number of pyridine rings is 1. The molecule has 4 aliphatic heterocycles. The number of ether oxygens (including phenoxy) is 1. The summed E-state index contributed by atoms with van der Waals surface area (Å²) in [6, 6.07) is 6.65. The average Bonchev–Trinajstić information content (AvgIpc) is 3.46. The van der Waals surface area contributed by atoms with Gasteiger partial charge in [0.1, 0.15) is 5.03 Å². The van der Waals surface area contributed by atoms with Gasteiger partial charge in [-0.2, -0.15) is 13.2 Å². The van der Waals surface area contributed by atoms with Crippen molar-refractivity contribution < 1.29 is 40.3 Å². The van der Waals surface area contributed by atoms with Crippen LogP contribution in [-0.4, -0.2) is 72.4 Å². The number of methoxy groups -OCH3 is 1. The van der Waals surface area contributed by atoms with Gasteiger partial charge in [0.05, 0.1) is 46.7 Å². The number of ketones is 1. The van der Waals surface area contributed by atoms with Crippen molar-refractivity contribution in [1.82, 2.24) is 25.4 Å². The molecule has 0 radical (unpaired) electrons. The number of carbonyl (C=O) groups is 2. The van der Waals surface area contributed by atoms with Crippen molar-refractivity contribution in [2.24, 2.45) is 11.7 Å². The number of sulfone groups is 1. The van der Waals surface area contributed by atoms with Gasteiger partial charge in [0.15, 0.2) is 15.6 Å². The van der Waals surface area contributed by atoms with Crippen LogP contribution in [0.4, 0.5) is 18.0 Å². The number of alkyl halides is 3. The number of fused-ring (bicyclic) bond motifs is 2. The molecule has 2 aromatic heterocycles. The van der Waals surface area contributed by atoms with Crippen LogP contribution < -0.4 is 11.1 Å². The van der Waals surface area contributed by atoms with Crippen molar-refractivity contribution >= 4 is 27.3 Å². The number of hydrogen-bond donors (Lipinski definition) is 2. The van der Waals surface area contributed by atoms with Crippen molar-refractivity contribution in [2.75, 3.05) is 26.0 Å². The predicted octanol–water partition coefficient (Wildman–Crippen LogP) is 3.53. The fourth-order valence-corrected chi connectivity index (χ4v) is 8.45. The summed E-state index contributed by atoms with van der Waals surface area (Å²) in [6.45, 7) is 0.935. The number of nitrogens with two attached hydrogens (primary N) is 1. The first-order valence-corrected chi connectivity index (χ1v) is 16.7. The molecule has 48 heavy (non-hydrogen) atoms. The summed E-state index contributed by atoms with van der Waals surface area (Å²) < 4.78 is 76.5. The zero-order chi connectivity index (χ0) is 34.0. The maximum Gasteiger partial charge on any atom is 0.416 e. The molecule has 0 spiro atoms. The molecular weight excluding hydrogens is 653 g/mol. The Hall–Kier alpha value is -4.83. The maximum absolute atomic E-state index is 13.4. The molecule has 1 atom stereocenters. The second-order valence-corrected chi connectivity index (χ2v) is 14.5. The molecule has 6 heterocycles. The van der Waals surface area contributed by atoms with E-state index in [2.05, 4.69) is 20.5 Å². The number of rotatable bonds is 5.